The van der Waals surface area contributed by atoms with Crippen LogP contribution in [0.1, 0.15) is 56.3 Å². The Morgan fingerprint density at radius 2 is 1.89 bits per heavy atom. The van der Waals surface area contributed by atoms with Crippen molar-refractivity contribution in [3.05, 3.63) is 28.8 Å². The van der Waals surface area contributed by atoms with E-state index in [0.717, 1.165) is 25.7 Å². The predicted octanol–water partition coefficient (Wildman–Crippen LogP) is 3.82. The van der Waals surface area contributed by atoms with Crippen molar-refractivity contribution in [1.29, 1.82) is 0 Å². The van der Waals surface area contributed by atoms with Crippen molar-refractivity contribution < 1.29 is 9.59 Å². The summed E-state index contributed by atoms with van der Waals surface area (Å²) in [6.07, 6.45) is 5.23. The van der Waals surface area contributed by atoms with Crippen LogP contribution in [0.25, 0.3) is 0 Å². The summed E-state index contributed by atoms with van der Waals surface area (Å²) in [7, 11) is 0. The molecule has 2 aliphatic rings. The van der Waals surface area contributed by atoms with E-state index in [1.165, 1.54) is 6.42 Å². The number of anilines is 1. The predicted molar refractivity (Wildman–Crippen MR) is 109 cm³/mol. The van der Waals surface area contributed by atoms with Gasteiger partial charge in [-0.05, 0) is 61.6 Å². The fourth-order valence-electron chi connectivity index (χ4n) is 4.42. The minimum atomic E-state index is -0.194. The Bertz CT molecular complexity index is 693. The molecule has 0 aliphatic heterocycles. The summed E-state index contributed by atoms with van der Waals surface area (Å²) in [4.78, 5) is 24.9. The van der Waals surface area contributed by atoms with Gasteiger partial charge in [0.05, 0.1) is 10.6 Å². The number of nitrogens with one attached hydrogen (secondary N) is 2. The van der Waals surface area contributed by atoms with Gasteiger partial charge < -0.3 is 16.4 Å². The normalized spacial score (nSPS) is 27.3. The van der Waals surface area contributed by atoms with E-state index in [2.05, 4.69) is 10.6 Å². The molecule has 2 bridgehead atoms. The van der Waals surface area contributed by atoms with Crippen LogP contribution in [-0.4, -0.2) is 24.4 Å². The van der Waals surface area contributed by atoms with Crippen molar-refractivity contribution in [3.63, 3.8) is 0 Å². The Morgan fingerprint density at radius 3 is 2.48 bits per heavy atom. The molecule has 0 heterocycles. The first-order valence-electron chi connectivity index (χ1n) is 9.99. The molecule has 2 fully saturated rings. The van der Waals surface area contributed by atoms with Gasteiger partial charge in [0.2, 0.25) is 5.91 Å². The van der Waals surface area contributed by atoms with Gasteiger partial charge in [-0.1, -0.05) is 31.9 Å². The van der Waals surface area contributed by atoms with Crippen LogP contribution in [0, 0.1) is 23.7 Å². The Hall–Kier alpha value is -1.59. The van der Waals surface area contributed by atoms with E-state index in [0.29, 0.717) is 40.6 Å². The van der Waals surface area contributed by atoms with Crippen molar-refractivity contribution in [3.8, 4) is 0 Å². The molecular weight excluding hydrogens is 362 g/mol. The Labute approximate surface area is 166 Å². The van der Waals surface area contributed by atoms with Crippen LogP contribution in [0.3, 0.4) is 0 Å². The quantitative estimate of drug-likeness (QED) is 0.713. The minimum Gasteiger partial charge on any atom is -0.352 e. The molecule has 5 nitrogen and oxygen atoms in total. The molecule has 148 valence electrons. The second-order valence-electron chi connectivity index (χ2n) is 8.48. The second kappa shape index (κ2) is 8.61. The molecule has 2 aliphatic carbocycles. The lowest BCUT2D eigenvalue weighted by Crippen LogP contribution is -2.48. The molecule has 0 radical (unpaired) electrons. The van der Waals surface area contributed by atoms with Crippen molar-refractivity contribution in [2.45, 2.75) is 52.0 Å². The van der Waals surface area contributed by atoms with Gasteiger partial charge in [0, 0.05) is 24.2 Å². The largest absolute Gasteiger partial charge is 0.352 e. The number of carbonyl (C=O) groups excluding carboxylic acids is 2. The summed E-state index contributed by atoms with van der Waals surface area (Å²) in [6.45, 7) is 4.67. The summed E-state index contributed by atoms with van der Waals surface area (Å²) < 4.78 is 0. The summed E-state index contributed by atoms with van der Waals surface area (Å²) in [6, 6.07) is 5.31. The summed E-state index contributed by atoms with van der Waals surface area (Å²) >= 11 is 6.28. The van der Waals surface area contributed by atoms with Gasteiger partial charge in [-0.15, -0.1) is 0 Å². The monoisotopic (exact) mass is 391 g/mol. The minimum absolute atomic E-state index is 0.00731. The van der Waals surface area contributed by atoms with E-state index in [1.807, 2.05) is 13.8 Å². The highest BCUT2D eigenvalue weighted by atomic mass is 35.5. The molecule has 2 amide bonds. The molecule has 4 N–H and O–H groups in total. The van der Waals surface area contributed by atoms with Gasteiger partial charge >= 0.3 is 0 Å². The topological polar surface area (TPSA) is 84.2 Å². The second-order valence-corrected chi connectivity index (χ2v) is 8.89. The third kappa shape index (κ3) is 4.82. The van der Waals surface area contributed by atoms with Crippen molar-refractivity contribution >= 4 is 29.1 Å². The van der Waals surface area contributed by atoms with Gasteiger partial charge in [-0.2, -0.15) is 0 Å². The fraction of sp³-hybridized carbons (Fsp3) is 0.619. The number of hydrogen-bond acceptors (Lipinski definition) is 3. The van der Waals surface area contributed by atoms with Gasteiger partial charge in [0.25, 0.3) is 5.91 Å². The molecule has 6 heteroatoms. The molecule has 3 rings (SSSR count). The molecule has 0 saturated heterocycles. The molecule has 27 heavy (non-hydrogen) atoms. The lowest BCUT2D eigenvalue weighted by Gasteiger charge is -2.43. The zero-order valence-corrected chi connectivity index (χ0v) is 16.9. The molecule has 2 unspecified atom stereocenters. The maximum atomic E-state index is 12.7. The van der Waals surface area contributed by atoms with Crippen molar-refractivity contribution in [2.75, 3.05) is 11.9 Å². The maximum Gasteiger partial charge on any atom is 0.252 e. The smallest absolute Gasteiger partial charge is 0.252 e. The van der Waals surface area contributed by atoms with Crippen LogP contribution < -0.4 is 16.4 Å². The fourth-order valence-corrected chi connectivity index (χ4v) is 4.68. The van der Waals surface area contributed by atoms with Crippen molar-refractivity contribution in [2.24, 2.45) is 29.4 Å². The first kappa shape index (κ1) is 20.2. The lowest BCUT2D eigenvalue weighted by atomic mass is 9.65. The van der Waals surface area contributed by atoms with Crippen molar-refractivity contribution in [1.82, 2.24) is 5.32 Å². The highest BCUT2D eigenvalue weighted by molar-refractivity contribution is 6.34. The highest BCUT2D eigenvalue weighted by Gasteiger charge is 2.40. The van der Waals surface area contributed by atoms with E-state index in [1.54, 1.807) is 18.2 Å². The number of fused-ring (bicyclic) bond motifs is 2. The van der Waals surface area contributed by atoms with E-state index < -0.39 is 0 Å². The third-order valence-electron chi connectivity index (χ3n) is 5.94. The molecule has 1 aromatic carbocycles. The van der Waals surface area contributed by atoms with E-state index in [4.69, 9.17) is 17.3 Å². The first-order chi connectivity index (χ1) is 12.8. The van der Waals surface area contributed by atoms with Crippen LogP contribution in [0.2, 0.25) is 5.02 Å². The third-order valence-corrected chi connectivity index (χ3v) is 6.25. The van der Waals surface area contributed by atoms with E-state index >= 15 is 0 Å². The highest BCUT2D eigenvalue weighted by Crippen LogP contribution is 2.42. The average molecular weight is 392 g/mol. The molecule has 1 aromatic rings. The summed E-state index contributed by atoms with van der Waals surface area (Å²) in [5.74, 6) is 1.14. The van der Waals surface area contributed by atoms with E-state index in [-0.39, 0.29) is 23.8 Å². The van der Waals surface area contributed by atoms with Crippen LogP contribution in [0.4, 0.5) is 5.69 Å². The van der Waals surface area contributed by atoms with Gasteiger partial charge in [0.1, 0.15) is 0 Å². The number of nitrogens with two attached hydrogens (primary N) is 1. The number of rotatable bonds is 5. The van der Waals surface area contributed by atoms with Crippen LogP contribution in [0.5, 0.6) is 0 Å². The number of amides is 2. The summed E-state index contributed by atoms with van der Waals surface area (Å²) in [5.41, 5.74) is 7.37. The van der Waals surface area contributed by atoms with Gasteiger partial charge in [-0.25, -0.2) is 0 Å². The number of hydrogen-bond donors (Lipinski definition) is 3. The number of carbonyl (C=O) groups is 2. The Balaban J connectivity index is 1.61. The van der Waals surface area contributed by atoms with Gasteiger partial charge in [0.15, 0.2) is 0 Å². The van der Waals surface area contributed by atoms with Crippen LogP contribution in [-0.2, 0) is 4.79 Å². The molecule has 2 atom stereocenters. The number of benzene rings is 1. The zero-order valence-electron chi connectivity index (χ0n) is 16.1. The SMILES string of the molecule is CC(C)CNC(=O)c1ccc(NC(=O)C2CC3CCCC(C2)C3N)cc1Cl. The maximum absolute atomic E-state index is 12.7. The molecular formula is C21H30ClN3O2. The zero-order chi connectivity index (χ0) is 19.6. The Morgan fingerprint density at radius 1 is 1.22 bits per heavy atom. The first-order valence-corrected chi connectivity index (χ1v) is 10.4. The number of halogens is 1. The Kier molecular flexibility index (Phi) is 6.43. The molecule has 0 spiro atoms. The van der Waals surface area contributed by atoms with E-state index in [9.17, 15) is 9.59 Å². The summed E-state index contributed by atoms with van der Waals surface area (Å²) in [5, 5.41) is 6.18. The molecule has 2 saturated carbocycles. The van der Waals surface area contributed by atoms with Crippen LogP contribution >= 0.6 is 11.6 Å². The van der Waals surface area contributed by atoms with Crippen LogP contribution in [0.15, 0.2) is 18.2 Å². The molecule has 0 aromatic heterocycles. The van der Waals surface area contributed by atoms with Gasteiger partial charge in [-0.3, -0.25) is 9.59 Å². The standard InChI is InChI=1S/C21H30ClN3O2/c1-12(2)11-24-21(27)17-7-6-16(10-18(17)22)25-20(26)15-8-13-4-3-5-14(9-15)19(13)23/h6-7,10,12-15,19H,3-5,8-9,11,23H2,1-2H3,(H,24,27)(H,25,26). The average Bonchev–Trinajstić information content (AvgIpc) is 2.59. The lowest BCUT2D eigenvalue weighted by molar-refractivity contribution is -0.122.